The molecule has 1 aromatic heterocycles. The standard InChI is InChI=1S/C26H29N3O3/c1-3-20(2)22-8-10-24(11-9-22)31-16-5-17-32-25-7-4-6-21(18-25)19-28-29-26(30)23-12-14-27-15-13-23/h4,6-15,18-20H,3,5,16-17H2,1-2H3,(H,29,30)/b28-19+. The van der Waals surface area contributed by atoms with Gasteiger partial charge in [-0.3, -0.25) is 9.78 Å². The number of hydrazone groups is 1. The zero-order valence-corrected chi connectivity index (χ0v) is 18.5. The highest BCUT2D eigenvalue weighted by molar-refractivity contribution is 5.94. The van der Waals surface area contributed by atoms with E-state index >= 15 is 0 Å². The predicted molar refractivity (Wildman–Crippen MR) is 126 cm³/mol. The lowest BCUT2D eigenvalue weighted by Crippen LogP contribution is -2.17. The van der Waals surface area contributed by atoms with Gasteiger partial charge in [-0.15, -0.1) is 0 Å². The quantitative estimate of drug-likeness (QED) is 0.257. The minimum atomic E-state index is -0.287. The summed E-state index contributed by atoms with van der Waals surface area (Å²) in [6.07, 6.45) is 6.61. The van der Waals surface area contributed by atoms with Crippen LogP contribution in [0.2, 0.25) is 0 Å². The van der Waals surface area contributed by atoms with Crippen LogP contribution in [0.25, 0.3) is 0 Å². The van der Waals surface area contributed by atoms with Crippen molar-refractivity contribution in [2.24, 2.45) is 5.10 Å². The zero-order valence-electron chi connectivity index (χ0n) is 18.5. The van der Waals surface area contributed by atoms with E-state index in [1.54, 1.807) is 30.7 Å². The first-order valence-corrected chi connectivity index (χ1v) is 10.8. The number of carbonyl (C=O) groups is 1. The summed E-state index contributed by atoms with van der Waals surface area (Å²) in [5.74, 6) is 1.90. The van der Waals surface area contributed by atoms with Crippen molar-refractivity contribution in [2.75, 3.05) is 13.2 Å². The average Bonchev–Trinajstić information content (AvgIpc) is 2.84. The second-order valence-corrected chi connectivity index (χ2v) is 7.44. The van der Waals surface area contributed by atoms with Gasteiger partial charge >= 0.3 is 0 Å². The smallest absolute Gasteiger partial charge is 0.271 e. The number of carbonyl (C=O) groups excluding carboxylic acids is 1. The molecule has 0 aliphatic carbocycles. The fourth-order valence-corrected chi connectivity index (χ4v) is 2.99. The summed E-state index contributed by atoms with van der Waals surface area (Å²) in [4.78, 5) is 15.9. The van der Waals surface area contributed by atoms with Gasteiger partial charge in [0.15, 0.2) is 0 Å². The van der Waals surface area contributed by atoms with Crippen LogP contribution >= 0.6 is 0 Å². The molecule has 6 nitrogen and oxygen atoms in total. The van der Waals surface area contributed by atoms with Gasteiger partial charge in [-0.1, -0.05) is 38.1 Å². The minimum absolute atomic E-state index is 0.287. The molecule has 32 heavy (non-hydrogen) atoms. The molecule has 6 heteroatoms. The fraction of sp³-hybridized carbons (Fsp3) is 0.269. The Morgan fingerprint density at radius 1 is 1.03 bits per heavy atom. The van der Waals surface area contributed by atoms with Crippen molar-refractivity contribution in [3.63, 3.8) is 0 Å². The Hall–Kier alpha value is -3.67. The summed E-state index contributed by atoms with van der Waals surface area (Å²) >= 11 is 0. The molecule has 1 N–H and O–H groups in total. The molecule has 0 bridgehead atoms. The Morgan fingerprint density at radius 2 is 1.75 bits per heavy atom. The number of amides is 1. The van der Waals surface area contributed by atoms with Crippen molar-refractivity contribution in [1.29, 1.82) is 0 Å². The Bertz CT molecular complexity index is 1000. The molecule has 1 heterocycles. The maximum atomic E-state index is 12.0. The van der Waals surface area contributed by atoms with Gasteiger partial charge in [0.2, 0.25) is 0 Å². The summed E-state index contributed by atoms with van der Waals surface area (Å²) in [6.45, 7) is 5.56. The topological polar surface area (TPSA) is 72.8 Å². The molecule has 0 saturated carbocycles. The molecule has 0 fully saturated rings. The molecule has 2 aromatic carbocycles. The Balaban J connectivity index is 1.39. The monoisotopic (exact) mass is 431 g/mol. The number of benzene rings is 2. The van der Waals surface area contributed by atoms with Gasteiger partial charge in [0, 0.05) is 24.4 Å². The van der Waals surface area contributed by atoms with E-state index in [4.69, 9.17) is 9.47 Å². The highest BCUT2D eigenvalue weighted by atomic mass is 16.5. The summed E-state index contributed by atoms with van der Waals surface area (Å²) < 4.78 is 11.6. The lowest BCUT2D eigenvalue weighted by atomic mass is 9.99. The number of pyridine rings is 1. The third-order valence-electron chi connectivity index (χ3n) is 5.07. The summed E-state index contributed by atoms with van der Waals surface area (Å²) in [5, 5.41) is 4.00. The van der Waals surface area contributed by atoms with Crippen molar-refractivity contribution < 1.29 is 14.3 Å². The van der Waals surface area contributed by atoms with Gasteiger partial charge in [0.05, 0.1) is 19.4 Å². The number of ether oxygens (including phenoxy) is 2. The van der Waals surface area contributed by atoms with Crippen molar-refractivity contribution in [1.82, 2.24) is 10.4 Å². The van der Waals surface area contributed by atoms with Gasteiger partial charge in [-0.05, 0) is 59.9 Å². The van der Waals surface area contributed by atoms with Crippen LogP contribution in [0.5, 0.6) is 11.5 Å². The number of hydrogen-bond donors (Lipinski definition) is 1. The molecule has 1 unspecified atom stereocenters. The molecule has 0 spiro atoms. The van der Waals surface area contributed by atoms with Gasteiger partial charge < -0.3 is 9.47 Å². The van der Waals surface area contributed by atoms with E-state index in [1.165, 1.54) is 5.56 Å². The summed E-state index contributed by atoms with van der Waals surface area (Å²) in [6, 6.07) is 19.1. The third-order valence-corrected chi connectivity index (χ3v) is 5.07. The van der Waals surface area contributed by atoms with Crippen molar-refractivity contribution in [3.05, 3.63) is 89.7 Å². The molecule has 3 rings (SSSR count). The summed E-state index contributed by atoms with van der Waals surface area (Å²) in [5.41, 5.74) is 5.17. The molecular formula is C26H29N3O3. The molecule has 3 aromatic rings. The van der Waals surface area contributed by atoms with Crippen LogP contribution in [0.1, 0.15) is 54.1 Å². The zero-order chi connectivity index (χ0) is 22.6. The van der Waals surface area contributed by atoms with Crippen molar-refractivity contribution in [2.45, 2.75) is 32.6 Å². The lowest BCUT2D eigenvalue weighted by molar-refractivity contribution is 0.0955. The van der Waals surface area contributed by atoms with Crippen LogP contribution in [0.3, 0.4) is 0 Å². The van der Waals surface area contributed by atoms with Gasteiger partial charge in [0.1, 0.15) is 11.5 Å². The van der Waals surface area contributed by atoms with Gasteiger partial charge in [0.25, 0.3) is 5.91 Å². The van der Waals surface area contributed by atoms with E-state index in [-0.39, 0.29) is 5.91 Å². The second kappa shape index (κ2) is 12.2. The van der Waals surface area contributed by atoms with E-state index in [0.717, 1.165) is 29.9 Å². The molecule has 166 valence electrons. The van der Waals surface area contributed by atoms with Crippen LogP contribution in [0.15, 0.2) is 78.2 Å². The first-order chi connectivity index (χ1) is 15.7. The summed E-state index contributed by atoms with van der Waals surface area (Å²) in [7, 11) is 0. The molecule has 0 aliphatic rings. The number of nitrogens with one attached hydrogen (secondary N) is 1. The maximum absolute atomic E-state index is 12.0. The molecule has 1 amide bonds. The highest BCUT2D eigenvalue weighted by Gasteiger charge is 2.04. The van der Waals surface area contributed by atoms with Crippen LogP contribution in [-0.2, 0) is 0 Å². The average molecular weight is 432 g/mol. The largest absolute Gasteiger partial charge is 0.493 e. The van der Waals surface area contributed by atoms with Gasteiger partial charge in [-0.25, -0.2) is 5.43 Å². The number of aromatic nitrogens is 1. The molecule has 0 radical (unpaired) electrons. The predicted octanol–water partition coefficient (Wildman–Crippen LogP) is 5.21. The van der Waals surface area contributed by atoms with Crippen LogP contribution in [0.4, 0.5) is 0 Å². The number of hydrogen-bond acceptors (Lipinski definition) is 5. The Labute approximate surface area is 189 Å². The number of rotatable bonds is 11. The maximum Gasteiger partial charge on any atom is 0.271 e. The van der Waals surface area contributed by atoms with Crippen molar-refractivity contribution >= 4 is 12.1 Å². The molecule has 1 atom stereocenters. The van der Waals surface area contributed by atoms with Gasteiger partial charge in [-0.2, -0.15) is 5.10 Å². The Kier molecular flexibility index (Phi) is 8.80. The fourth-order valence-electron chi connectivity index (χ4n) is 2.99. The van der Waals surface area contributed by atoms with E-state index in [9.17, 15) is 4.79 Å². The van der Waals surface area contributed by atoms with E-state index in [2.05, 4.69) is 41.5 Å². The van der Waals surface area contributed by atoms with Crippen molar-refractivity contribution in [3.8, 4) is 11.5 Å². The molecular weight excluding hydrogens is 402 g/mol. The van der Waals surface area contributed by atoms with Crippen LogP contribution < -0.4 is 14.9 Å². The van der Waals surface area contributed by atoms with E-state index < -0.39 is 0 Å². The highest BCUT2D eigenvalue weighted by Crippen LogP contribution is 2.21. The molecule has 0 aliphatic heterocycles. The molecule has 0 saturated heterocycles. The normalized spacial score (nSPS) is 11.8. The first-order valence-electron chi connectivity index (χ1n) is 10.8. The first kappa shape index (κ1) is 23.0. The second-order valence-electron chi connectivity index (χ2n) is 7.44. The third kappa shape index (κ3) is 7.23. The number of nitrogens with zero attached hydrogens (tertiary/aromatic N) is 2. The Morgan fingerprint density at radius 3 is 2.47 bits per heavy atom. The van der Waals surface area contributed by atoms with E-state index in [1.807, 2.05) is 36.4 Å². The SMILES string of the molecule is CCC(C)c1ccc(OCCCOc2cccc(/C=N/NC(=O)c3ccncc3)c2)cc1. The minimum Gasteiger partial charge on any atom is -0.493 e. The van der Waals surface area contributed by atoms with Crippen LogP contribution in [-0.4, -0.2) is 30.3 Å². The lowest BCUT2D eigenvalue weighted by Gasteiger charge is -2.11. The van der Waals surface area contributed by atoms with E-state index in [0.29, 0.717) is 24.7 Å². The van der Waals surface area contributed by atoms with Crippen LogP contribution in [0, 0.1) is 0 Å².